The molecule has 19 heavy (non-hydrogen) atoms. The average Bonchev–Trinajstić information content (AvgIpc) is 2.83. The first-order valence-corrected chi connectivity index (χ1v) is 7.93. The van der Waals surface area contributed by atoms with E-state index in [0.717, 1.165) is 36.3 Å². The molecule has 0 saturated carbocycles. The zero-order valence-corrected chi connectivity index (χ0v) is 13.5. The Kier molecular flexibility index (Phi) is 5.25. The van der Waals surface area contributed by atoms with E-state index in [1.807, 2.05) is 6.07 Å². The van der Waals surface area contributed by atoms with Crippen molar-refractivity contribution in [3.8, 4) is 0 Å². The molecule has 4 heteroatoms. The standard InChI is InChI=1S/C15H24BrN3/c1-3-19(4-2)14-7-8-18(11-14)10-12-5-6-13(16)9-15(12)17/h5-6,9,14H,3-4,7-8,10-11,17H2,1-2H3. The summed E-state index contributed by atoms with van der Waals surface area (Å²) >= 11 is 3.46. The van der Waals surface area contributed by atoms with Gasteiger partial charge >= 0.3 is 0 Å². The summed E-state index contributed by atoms with van der Waals surface area (Å²) in [5, 5.41) is 0. The van der Waals surface area contributed by atoms with Gasteiger partial charge in [0.15, 0.2) is 0 Å². The van der Waals surface area contributed by atoms with E-state index in [9.17, 15) is 0 Å². The number of likely N-dealkylation sites (N-methyl/N-ethyl adjacent to an activating group) is 1. The van der Waals surface area contributed by atoms with Crippen molar-refractivity contribution in [3.63, 3.8) is 0 Å². The Labute approximate surface area is 124 Å². The number of anilines is 1. The minimum absolute atomic E-state index is 0.715. The van der Waals surface area contributed by atoms with Crippen molar-refractivity contribution in [2.45, 2.75) is 32.9 Å². The highest BCUT2D eigenvalue weighted by Crippen LogP contribution is 2.23. The predicted octanol–water partition coefficient (Wildman–Crippen LogP) is 2.95. The predicted molar refractivity (Wildman–Crippen MR) is 85.2 cm³/mol. The third-order valence-corrected chi connectivity index (χ3v) is 4.57. The summed E-state index contributed by atoms with van der Waals surface area (Å²) in [7, 11) is 0. The van der Waals surface area contributed by atoms with Crippen LogP contribution < -0.4 is 5.73 Å². The number of rotatable bonds is 5. The topological polar surface area (TPSA) is 32.5 Å². The lowest BCUT2D eigenvalue weighted by molar-refractivity contribution is 0.209. The Hall–Kier alpha value is -0.580. The Morgan fingerprint density at radius 1 is 1.37 bits per heavy atom. The van der Waals surface area contributed by atoms with Crippen molar-refractivity contribution in [2.75, 3.05) is 31.9 Å². The molecule has 1 saturated heterocycles. The number of nitrogens with zero attached hydrogens (tertiary/aromatic N) is 2. The molecule has 2 rings (SSSR count). The summed E-state index contributed by atoms with van der Waals surface area (Å²) in [4.78, 5) is 5.08. The monoisotopic (exact) mass is 325 g/mol. The molecule has 1 aliphatic heterocycles. The smallest absolute Gasteiger partial charge is 0.0371 e. The minimum Gasteiger partial charge on any atom is -0.398 e. The van der Waals surface area contributed by atoms with Crippen LogP contribution in [0.1, 0.15) is 25.8 Å². The number of nitrogens with two attached hydrogens (primary N) is 1. The Morgan fingerprint density at radius 2 is 2.11 bits per heavy atom. The van der Waals surface area contributed by atoms with Gasteiger partial charge in [-0.05, 0) is 37.2 Å². The molecular formula is C15H24BrN3. The van der Waals surface area contributed by atoms with Gasteiger partial charge in [0, 0.05) is 35.8 Å². The van der Waals surface area contributed by atoms with Crippen LogP contribution in [0.4, 0.5) is 5.69 Å². The second kappa shape index (κ2) is 6.73. The summed E-state index contributed by atoms with van der Waals surface area (Å²) in [5.41, 5.74) is 8.21. The van der Waals surface area contributed by atoms with Crippen molar-refractivity contribution >= 4 is 21.6 Å². The number of nitrogen functional groups attached to an aromatic ring is 1. The zero-order valence-electron chi connectivity index (χ0n) is 11.9. The number of likely N-dealkylation sites (tertiary alicyclic amines) is 1. The number of halogens is 1. The van der Waals surface area contributed by atoms with E-state index < -0.39 is 0 Å². The molecule has 1 aliphatic rings. The number of benzene rings is 1. The minimum atomic E-state index is 0.715. The fourth-order valence-corrected chi connectivity index (χ4v) is 3.32. The van der Waals surface area contributed by atoms with E-state index in [-0.39, 0.29) is 0 Å². The van der Waals surface area contributed by atoms with Crippen LogP contribution in [-0.4, -0.2) is 42.0 Å². The summed E-state index contributed by atoms with van der Waals surface area (Å²) in [5.74, 6) is 0. The number of hydrogen-bond acceptors (Lipinski definition) is 3. The van der Waals surface area contributed by atoms with Gasteiger partial charge in [-0.25, -0.2) is 0 Å². The molecule has 1 aromatic rings. The lowest BCUT2D eigenvalue weighted by Crippen LogP contribution is -2.37. The molecule has 1 unspecified atom stereocenters. The maximum atomic E-state index is 6.08. The van der Waals surface area contributed by atoms with Gasteiger partial charge in [-0.1, -0.05) is 35.8 Å². The summed E-state index contributed by atoms with van der Waals surface area (Å²) in [6.07, 6.45) is 1.28. The molecule has 1 heterocycles. The summed E-state index contributed by atoms with van der Waals surface area (Å²) in [6.45, 7) is 10.1. The van der Waals surface area contributed by atoms with Crippen LogP contribution in [0, 0.1) is 0 Å². The van der Waals surface area contributed by atoms with Gasteiger partial charge in [0.05, 0.1) is 0 Å². The van der Waals surface area contributed by atoms with Crippen LogP contribution in [-0.2, 0) is 6.54 Å². The Balaban J connectivity index is 1.94. The van der Waals surface area contributed by atoms with Crippen LogP contribution in [0.3, 0.4) is 0 Å². The van der Waals surface area contributed by atoms with E-state index in [1.165, 1.54) is 18.5 Å². The molecule has 1 atom stereocenters. The normalized spacial score (nSPS) is 20.3. The SMILES string of the molecule is CCN(CC)C1CCN(Cc2ccc(Br)cc2N)C1. The van der Waals surface area contributed by atoms with E-state index >= 15 is 0 Å². The maximum absolute atomic E-state index is 6.08. The van der Waals surface area contributed by atoms with Gasteiger partial charge in [-0.15, -0.1) is 0 Å². The van der Waals surface area contributed by atoms with Gasteiger partial charge in [-0.2, -0.15) is 0 Å². The molecule has 0 bridgehead atoms. The average molecular weight is 326 g/mol. The Bertz CT molecular complexity index is 418. The van der Waals surface area contributed by atoms with Crippen molar-refractivity contribution in [3.05, 3.63) is 28.2 Å². The van der Waals surface area contributed by atoms with Crippen molar-refractivity contribution in [1.82, 2.24) is 9.80 Å². The van der Waals surface area contributed by atoms with Crippen LogP contribution >= 0.6 is 15.9 Å². The zero-order chi connectivity index (χ0) is 13.8. The molecule has 2 N–H and O–H groups in total. The highest BCUT2D eigenvalue weighted by Gasteiger charge is 2.26. The molecule has 0 amide bonds. The first-order chi connectivity index (χ1) is 9.13. The summed E-state index contributed by atoms with van der Waals surface area (Å²) < 4.78 is 1.05. The van der Waals surface area contributed by atoms with Gasteiger partial charge in [-0.3, -0.25) is 9.80 Å². The van der Waals surface area contributed by atoms with Crippen LogP contribution in [0.15, 0.2) is 22.7 Å². The fraction of sp³-hybridized carbons (Fsp3) is 0.600. The molecular weight excluding hydrogens is 302 g/mol. The molecule has 3 nitrogen and oxygen atoms in total. The van der Waals surface area contributed by atoms with Crippen LogP contribution in [0.2, 0.25) is 0 Å². The lowest BCUT2D eigenvalue weighted by Gasteiger charge is -2.26. The highest BCUT2D eigenvalue weighted by molar-refractivity contribution is 9.10. The Morgan fingerprint density at radius 3 is 2.74 bits per heavy atom. The van der Waals surface area contributed by atoms with Gasteiger partial charge < -0.3 is 5.73 Å². The third-order valence-electron chi connectivity index (χ3n) is 4.08. The molecule has 1 aromatic carbocycles. The quantitative estimate of drug-likeness (QED) is 0.845. The molecule has 1 fully saturated rings. The van der Waals surface area contributed by atoms with Crippen molar-refractivity contribution < 1.29 is 0 Å². The van der Waals surface area contributed by atoms with Crippen LogP contribution in [0.25, 0.3) is 0 Å². The van der Waals surface area contributed by atoms with E-state index in [0.29, 0.717) is 6.04 Å². The van der Waals surface area contributed by atoms with Crippen molar-refractivity contribution in [1.29, 1.82) is 0 Å². The molecule has 0 aromatic heterocycles. The fourth-order valence-electron chi connectivity index (χ4n) is 2.94. The first-order valence-electron chi connectivity index (χ1n) is 7.14. The van der Waals surface area contributed by atoms with Gasteiger partial charge in [0.25, 0.3) is 0 Å². The maximum Gasteiger partial charge on any atom is 0.0371 e. The second-order valence-corrected chi connectivity index (χ2v) is 6.16. The van der Waals surface area contributed by atoms with E-state index in [4.69, 9.17) is 5.73 Å². The largest absolute Gasteiger partial charge is 0.398 e. The van der Waals surface area contributed by atoms with E-state index in [1.54, 1.807) is 0 Å². The second-order valence-electron chi connectivity index (χ2n) is 5.24. The summed E-state index contributed by atoms with van der Waals surface area (Å²) in [6, 6.07) is 6.91. The van der Waals surface area contributed by atoms with Gasteiger partial charge in [0.1, 0.15) is 0 Å². The van der Waals surface area contributed by atoms with Crippen LogP contribution in [0.5, 0.6) is 0 Å². The highest BCUT2D eigenvalue weighted by atomic mass is 79.9. The third kappa shape index (κ3) is 3.71. The molecule has 0 radical (unpaired) electrons. The lowest BCUT2D eigenvalue weighted by atomic mass is 10.2. The van der Waals surface area contributed by atoms with E-state index in [2.05, 4.69) is 51.7 Å². The molecule has 0 spiro atoms. The van der Waals surface area contributed by atoms with Gasteiger partial charge in [0.2, 0.25) is 0 Å². The first kappa shape index (κ1) is 14.8. The molecule has 106 valence electrons. The van der Waals surface area contributed by atoms with Crippen molar-refractivity contribution in [2.24, 2.45) is 0 Å². The number of hydrogen-bond donors (Lipinski definition) is 1. The molecule has 0 aliphatic carbocycles.